The molecule has 6 nitrogen and oxygen atoms in total. The van der Waals surface area contributed by atoms with E-state index in [4.69, 9.17) is 4.74 Å². The van der Waals surface area contributed by atoms with Gasteiger partial charge in [0.25, 0.3) is 0 Å². The zero-order valence-corrected chi connectivity index (χ0v) is 11.8. The number of hydrogen-bond acceptors (Lipinski definition) is 6. The third-order valence-corrected chi connectivity index (χ3v) is 3.15. The van der Waals surface area contributed by atoms with Gasteiger partial charge in [-0.15, -0.1) is 0 Å². The zero-order valence-electron chi connectivity index (χ0n) is 11.8. The number of methoxy groups -OCH3 is 1. The van der Waals surface area contributed by atoms with E-state index < -0.39 is 5.97 Å². The molecule has 3 rings (SSSR count). The van der Waals surface area contributed by atoms with Crippen molar-refractivity contribution in [2.24, 2.45) is 4.99 Å². The molecule has 0 radical (unpaired) electrons. The molecule has 22 heavy (non-hydrogen) atoms. The minimum atomic E-state index is -0.443. The number of carbonyl (C=O) groups is 2. The van der Waals surface area contributed by atoms with Gasteiger partial charge in [-0.1, -0.05) is 6.07 Å². The van der Waals surface area contributed by atoms with Crippen molar-refractivity contribution in [1.29, 1.82) is 0 Å². The highest BCUT2D eigenvalue weighted by atomic mass is 16.5. The highest BCUT2D eigenvalue weighted by Crippen LogP contribution is 2.32. The molecule has 0 N–H and O–H groups in total. The second-order valence-corrected chi connectivity index (χ2v) is 4.63. The normalized spacial score (nSPS) is 12.7. The second-order valence-electron chi connectivity index (χ2n) is 4.63. The van der Waals surface area contributed by atoms with Gasteiger partial charge < -0.3 is 9.47 Å². The van der Waals surface area contributed by atoms with Crippen LogP contribution in [0.1, 0.15) is 15.9 Å². The predicted octanol–water partition coefficient (Wildman–Crippen LogP) is 2.49. The third kappa shape index (κ3) is 2.71. The van der Waals surface area contributed by atoms with Crippen LogP contribution in [-0.2, 0) is 16.0 Å². The zero-order chi connectivity index (χ0) is 15.5. The first kappa shape index (κ1) is 13.9. The van der Waals surface area contributed by atoms with Crippen molar-refractivity contribution in [2.75, 3.05) is 7.11 Å². The molecule has 0 saturated carbocycles. The molecule has 1 aromatic carbocycles. The van der Waals surface area contributed by atoms with Crippen molar-refractivity contribution in [3.8, 4) is 11.5 Å². The minimum Gasteiger partial charge on any atom is -0.465 e. The number of benzene rings is 1. The minimum absolute atomic E-state index is 0.103. The molecule has 1 aliphatic rings. The second kappa shape index (κ2) is 5.77. The number of pyridine rings is 1. The molecule has 110 valence electrons. The Balaban J connectivity index is 1.93. The molecular weight excluding hydrogens is 284 g/mol. The Morgan fingerprint density at radius 1 is 1.27 bits per heavy atom. The summed E-state index contributed by atoms with van der Waals surface area (Å²) >= 11 is 0. The van der Waals surface area contributed by atoms with E-state index in [1.54, 1.807) is 36.5 Å². The molecule has 0 amide bonds. The predicted molar refractivity (Wildman–Crippen MR) is 79.0 cm³/mol. The van der Waals surface area contributed by atoms with E-state index in [-0.39, 0.29) is 12.2 Å². The third-order valence-electron chi connectivity index (χ3n) is 3.15. The van der Waals surface area contributed by atoms with E-state index in [2.05, 4.69) is 14.7 Å². The van der Waals surface area contributed by atoms with Crippen LogP contribution in [0.25, 0.3) is 0 Å². The Bertz CT molecular complexity index is 783. The quantitative estimate of drug-likeness (QED) is 0.813. The van der Waals surface area contributed by atoms with Gasteiger partial charge in [0.1, 0.15) is 11.5 Å². The average Bonchev–Trinajstić information content (AvgIpc) is 2.55. The number of Topliss-reactive ketones (excluding diaryl/α,β-unsaturated/α-hetero) is 1. The number of nitrogens with zero attached hydrogens (tertiary/aromatic N) is 2. The summed E-state index contributed by atoms with van der Waals surface area (Å²) in [5, 5.41) is 0. The number of hydrogen-bond donors (Lipinski definition) is 0. The lowest BCUT2D eigenvalue weighted by atomic mass is 10.1. The van der Waals surface area contributed by atoms with Crippen LogP contribution in [0.15, 0.2) is 41.5 Å². The van der Waals surface area contributed by atoms with E-state index in [0.717, 1.165) is 0 Å². The number of ether oxygens (including phenoxy) is 2. The summed E-state index contributed by atoms with van der Waals surface area (Å²) in [4.78, 5) is 31.2. The van der Waals surface area contributed by atoms with E-state index in [1.807, 2.05) is 0 Å². The van der Waals surface area contributed by atoms with E-state index in [9.17, 15) is 9.59 Å². The lowest BCUT2D eigenvalue weighted by Gasteiger charge is -2.14. The maximum atomic E-state index is 11.5. The first-order valence-electron chi connectivity index (χ1n) is 6.58. The van der Waals surface area contributed by atoms with E-state index in [1.165, 1.54) is 13.3 Å². The van der Waals surface area contributed by atoms with Gasteiger partial charge in [0.15, 0.2) is 11.6 Å². The van der Waals surface area contributed by atoms with Gasteiger partial charge in [0, 0.05) is 18.2 Å². The Kier molecular flexibility index (Phi) is 3.65. The van der Waals surface area contributed by atoms with Gasteiger partial charge in [0.2, 0.25) is 0 Å². The lowest BCUT2D eigenvalue weighted by Crippen LogP contribution is -2.10. The topological polar surface area (TPSA) is 77.9 Å². The van der Waals surface area contributed by atoms with Gasteiger partial charge in [-0.05, 0) is 24.3 Å². The molecule has 2 aromatic rings. The van der Waals surface area contributed by atoms with E-state index in [0.29, 0.717) is 28.4 Å². The summed E-state index contributed by atoms with van der Waals surface area (Å²) in [7, 11) is 1.32. The van der Waals surface area contributed by atoms with Crippen LogP contribution in [0.4, 0.5) is 5.82 Å². The molecule has 2 heterocycles. The van der Waals surface area contributed by atoms with Crippen LogP contribution >= 0.6 is 0 Å². The standard InChI is InChI=1S/C16H12N2O4/c1-21-16(20)10-3-2-4-12(7-10)22-14-5-6-17-15-13(14)8-11(19)9-18-15/h2-7,9H,8H2,1H3. The Morgan fingerprint density at radius 3 is 2.95 bits per heavy atom. The van der Waals surface area contributed by atoms with Crippen LogP contribution in [0, 0.1) is 0 Å². The van der Waals surface area contributed by atoms with Crippen LogP contribution in [0.5, 0.6) is 11.5 Å². The largest absolute Gasteiger partial charge is 0.465 e. The van der Waals surface area contributed by atoms with Crippen LogP contribution in [-0.4, -0.2) is 30.1 Å². The van der Waals surface area contributed by atoms with Crippen LogP contribution in [0.3, 0.4) is 0 Å². The van der Waals surface area contributed by atoms with Gasteiger partial charge in [-0.2, -0.15) is 0 Å². The first-order valence-corrected chi connectivity index (χ1v) is 6.58. The molecule has 1 aliphatic heterocycles. The number of esters is 1. The van der Waals surface area contributed by atoms with Crippen LogP contribution < -0.4 is 4.74 Å². The molecule has 0 unspecified atom stereocenters. The van der Waals surface area contributed by atoms with Crippen molar-refractivity contribution in [1.82, 2.24) is 4.98 Å². The fourth-order valence-corrected chi connectivity index (χ4v) is 2.12. The van der Waals surface area contributed by atoms with Crippen molar-refractivity contribution in [3.63, 3.8) is 0 Å². The Morgan fingerprint density at radius 2 is 2.14 bits per heavy atom. The summed E-state index contributed by atoms with van der Waals surface area (Å²) < 4.78 is 10.5. The lowest BCUT2D eigenvalue weighted by molar-refractivity contribution is -0.112. The fourth-order valence-electron chi connectivity index (χ4n) is 2.12. The molecule has 0 aliphatic carbocycles. The monoisotopic (exact) mass is 296 g/mol. The Labute approximate surface area is 126 Å². The summed E-state index contributed by atoms with van der Waals surface area (Å²) in [6.45, 7) is 0. The number of ketones is 1. The van der Waals surface area contributed by atoms with Gasteiger partial charge in [-0.3, -0.25) is 4.79 Å². The highest BCUT2D eigenvalue weighted by molar-refractivity contribution is 6.29. The number of rotatable bonds is 3. The van der Waals surface area contributed by atoms with Gasteiger partial charge in [0.05, 0.1) is 18.9 Å². The van der Waals surface area contributed by atoms with E-state index >= 15 is 0 Å². The SMILES string of the molecule is COC(=O)c1cccc(Oc2ccnc3c2CC(=O)C=N3)c1. The Hall–Kier alpha value is -3.02. The first-order chi connectivity index (χ1) is 10.7. The van der Waals surface area contributed by atoms with Crippen molar-refractivity contribution in [2.45, 2.75) is 6.42 Å². The molecule has 0 saturated heterocycles. The average molecular weight is 296 g/mol. The molecule has 1 aromatic heterocycles. The summed E-state index contributed by atoms with van der Waals surface area (Å²) in [5.74, 6) is 0.896. The van der Waals surface area contributed by atoms with Gasteiger partial charge in [-0.25, -0.2) is 14.8 Å². The number of fused-ring (bicyclic) bond motifs is 1. The van der Waals surface area contributed by atoms with Crippen LogP contribution in [0.2, 0.25) is 0 Å². The number of aromatic nitrogens is 1. The van der Waals surface area contributed by atoms with Crippen molar-refractivity contribution in [3.05, 3.63) is 47.7 Å². The summed E-state index contributed by atoms with van der Waals surface area (Å²) in [5.41, 5.74) is 1.02. The molecule has 0 spiro atoms. The van der Waals surface area contributed by atoms with Gasteiger partial charge >= 0.3 is 5.97 Å². The maximum absolute atomic E-state index is 11.5. The summed E-state index contributed by atoms with van der Waals surface area (Å²) in [6.07, 6.45) is 3.02. The molecule has 0 atom stereocenters. The number of carbonyl (C=O) groups excluding carboxylic acids is 2. The molecule has 0 bridgehead atoms. The van der Waals surface area contributed by atoms with Crippen molar-refractivity contribution < 1.29 is 19.1 Å². The molecule has 6 heteroatoms. The smallest absolute Gasteiger partial charge is 0.337 e. The number of aliphatic imine (C=N–C) groups is 1. The fraction of sp³-hybridized carbons (Fsp3) is 0.125. The van der Waals surface area contributed by atoms with Crippen molar-refractivity contribution >= 4 is 23.8 Å². The maximum Gasteiger partial charge on any atom is 0.337 e. The molecular formula is C16H12N2O4. The molecule has 0 fully saturated rings. The summed E-state index contributed by atoms with van der Waals surface area (Å²) in [6, 6.07) is 8.28. The highest BCUT2D eigenvalue weighted by Gasteiger charge is 2.18.